The summed E-state index contributed by atoms with van der Waals surface area (Å²) < 4.78 is 6.81. The fourth-order valence-electron chi connectivity index (χ4n) is 1.77. The Bertz CT molecular complexity index is 623. The molecule has 0 aliphatic rings. The van der Waals surface area contributed by atoms with E-state index in [0.717, 1.165) is 19.4 Å². The molecule has 0 spiro atoms. The van der Waals surface area contributed by atoms with Crippen molar-refractivity contribution in [3.05, 3.63) is 56.0 Å². The van der Waals surface area contributed by atoms with E-state index in [-0.39, 0.29) is 0 Å². The Balaban J connectivity index is 2.03. The highest BCUT2D eigenvalue weighted by molar-refractivity contribution is 14.1. The van der Waals surface area contributed by atoms with E-state index in [2.05, 4.69) is 22.6 Å². The lowest BCUT2D eigenvalue weighted by molar-refractivity contribution is 0.192. The van der Waals surface area contributed by atoms with Gasteiger partial charge in [0.05, 0.1) is 2.88 Å². The van der Waals surface area contributed by atoms with Gasteiger partial charge in [0.1, 0.15) is 17.4 Å². The fraction of sp³-hybridized carbons (Fsp3) is 0.0769. The largest absolute Gasteiger partial charge is 0.458 e. The van der Waals surface area contributed by atoms with Gasteiger partial charge in [-0.3, -0.25) is 0 Å². The van der Waals surface area contributed by atoms with Gasteiger partial charge in [-0.15, -0.1) is 11.3 Å². The van der Waals surface area contributed by atoms with Crippen molar-refractivity contribution in [1.82, 2.24) is 0 Å². The van der Waals surface area contributed by atoms with E-state index >= 15 is 0 Å². The molecule has 1 unspecified atom stereocenters. The molecule has 3 aromatic rings. The van der Waals surface area contributed by atoms with Crippen LogP contribution < -0.4 is 0 Å². The monoisotopic (exact) mass is 356 g/mol. The summed E-state index contributed by atoms with van der Waals surface area (Å²) >= 11 is 3.86. The predicted octanol–water partition coefficient (Wildman–Crippen LogP) is 4.18. The molecule has 2 nitrogen and oxygen atoms in total. The van der Waals surface area contributed by atoms with E-state index in [1.165, 1.54) is 0 Å². The summed E-state index contributed by atoms with van der Waals surface area (Å²) in [5.74, 6) is 0.598. The third-order valence-corrected chi connectivity index (χ3v) is 4.42. The first-order chi connectivity index (χ1) is 8.24. The van der Waals surface area contributed by atoms with Gasteiger partial charge in [0, 0.05) is 5.39 Å². The van der Waals surface area contributed by atoms with E-state index in [4.69, 9.17) is 4.42 Å². The van der Waals surface area contributed by atoms with Crippen LogP contribution in [0.5, 0.6) is 0 Å². The van der Waals surface area contributed by atoms with Crippen molar-refractivity contribution < 1.29 is 9.52 Å². The maximum absolute atomic E-state index is 10.2. The first kappa shape index (κ1) is 11.3. The summed E-state index contributed by atoms with van der Waals surface area (Å²) in [6.07, 6.45) is -0.679. The minimum Gasteiger partial charge on any atom is -0.458 e. The Morgan fingerprint density at radius 2 is 2.06 bits per heavy atom. The SMILES string of the molecule is OC(c1csc(I)c1)c1cc2ccccc2o1. The van der Waals surface area contributed by atoms with Crippen LogP contribution in [0.4, 0.5) is 0 Å². The van der Waals surface area contributed by atoms with Crippen LogP contribution in [-0.4, -0.2) is 5.11 Å². The maximum Gasteiger partial charge on any atom is 0.138 e. The van der Waals surface area contributed by atoms with E-state index < -0.39 is 6.10 Å². The van der Waals surface area contributed by atoms with Gasteiger partial charge in [-0.25, -0.2) is 0 Å². The van der Waals surface area contributed by atoms with Gasteiger partial charge in [-0.2, -0.15) is 0 Å². The molecule has 17 heavy (non-hydrogen) atoms. The van der Waals surface area contributed by atoms with Gasteiger partial charge in [-0.1, -0.05) is 18.2 Å². The quantitative estimate of drug-likeness (QED) is 0.699. The topological polar surface area (TPSA) is 33.4 Å². The molecule has 1 aromatic carbocycles. The number of fused-ring (bicyclic) bond motifs is 1. The van der Waals surface area contributed by atoms with Crippen LogP contribution in [0.2, 0.25) is 0 Å². The smallest absolute Gasteiger partial charge is 0.138 e. The summed E-state index contributed by atoms with van der Waals surface area (Å²) in [6, 6.07) is 11.6. The number of benzene rings is 1. The van der Waals surface area contributed by atoms with E-state index in [1.807, 2.05) is 41.8 Å². The van der Waals surface area contributed by atoms with E-state index in [1.54, 1.807) is 11.3 Å². The Labute approximate surface area is 116 Å². The maximum atomic E-state index is 10.2. The van der Waals surface area contributed by atoms with Gasteiger partial charge >= 0.3 is 0 Å². The molecule has 1 N–H and O–H groups in total. The van der Waals surface area contributed by atoms with Crippen LogP contribution in [-0.2, 0) is 0 Å². The fourth-order valence-corrected chi connectivity index (χ4v) is 3.16. The highest BCUT2D eigenvalue weighted by Gasteiger charge is 2.16. The number of aliphatic hydroxyl groups is 1. The van der Waals surface area contributed by atoms with Gasteiger partial charge < -0.3 is 9.52 Å². The average Bonchev–Trinajstić information content (AvgIpc) is 2.93. The zero-order chi connectivity index (χ0) is 11.8. The summed E-state index contributed by atoms with van der Waals surface area (Å²) in [5, 5.41) is 13.2. The lowest BCUT2D eigenvalue weighted by Crippen LogP contribution is -1.95. The van der Waals surface area contributed by atoms with Crippen molar-refractivity contribution >= 4 is 44.9 Å². The predicted molar refractivity (Wildman–Crippen MR) is 77.3 cm³/mol. The van der Waals surface area contributed by atoms with Crippen LogP contribution in [0.1, 0.15) is 17.4 Å². The highest BCUT2D eigenvalue weighted by Crippen LogP contribution is 2.30. The van der Waals surface area contributed by atoms with Gasteiger partial charge in [0.15, 0.2) is 0 Å². The van der Waals surface area contributed by atoms with Crippen LogP contribution in [0.15, 0.2) is 46.2 Å². The van der Waals surface area contributed by atoms with Crippen molar-refractivity contribution in [2.45, 2.75) is 6.10 Å². The van der Waals surface area contributed by atoms with Crippen molar-refractivity contribution in [3.8, 4) is 0 Å². The highest BCUT2D eigenvalue weighted by atomic mass is 127. The molecule has 0 bridgehead atoms. The van der Waals surface area contributed by atoms with E-state index in [0.29, 0.717) is 5.76 Å². The lowest BCUT2D eigenvalue weighted by Gasteiger charge is -2.03. The molecule has 1 atom stereocenters. The standard InChI is InChI=1S/C13H9IO2S/c14-12-6-9(7-17-12)13(15)11-5-8-3-1-2-4-10(8)16-11/h1-7,13,15H. The zero-order valence-corrected chi connectivity index (χ0v) is 11.7. The first-order valence-corrected chi connectivity index (χ1v) is 7.10. The third kappa shape index (κ3) is 2.12. The van der Waals surface area contributed by atoms with Gasteiger partial charge in [0.25, 0.3) is 0 Å². The second-order valence-electron chi connectivity index (χ2n) is 3.77. The molecule has 0 aliphatic carbocycles. The molecule has 2 heterocycles. The number of para-hydroxylation sites is 1. The van der Waals surface area contributed by atoms with Crippen molar-refractivity contribution in [2.24, 2.45) is 0 Å². The Morgan fingerprint density at radius 3 is 2.76 bits per heavy atom. The minimum atomic E-state index is -0.679. The summed E-state index contributed by atoms with van der Waals surface area (Å²) in [7, 11) is 0. The molecule has 2 aromatic heterocycles. The average molecular weight is 356 g/mol. The number of hydrogen-bond donors (Lipinski definition) is 1. The Morgan fingerprint density at radius 1 is 1.24 bits per heavy atom. The summed E-state index contributed by atoms with van der Waals surface area (Å²) in [6.45, 7) is 0. The second kappa shape index (κ2) is 4.44. The molecule has 0 aliphatic heterocycles. The first-order valence-electron chi connectivity index (χ1n) is 5.14. The molecule has 3 rings (SSSR count). The molecule has 86 valence electrons. The van der Waals surface area contributed by atoms with E-state index in [9.17, 15) is 5.11 Å². The molecule has 4 heteroatoms. The number of rotatable bonds is 2. The molecule has 0 radical (unpaired) electrons. The number of hydrogen-bond acceptors (Lipinski definition) is 3. The number of furan rings is 1. The van der Waals surface area contributed by atoms with Crippen LogP contribution in [0, 0.1) is 2.88 Å². The molecular formula is C13H9IO2S. The molecular weight excluding hydrogens is 347 g/mol. The van der Waals surface area contributed by atoms with Gasteiger partial charge in [-0.05, 0) is 51.7 Å². The lowest BCUT2D eigenvalue weighted by atomic mass is 10.1. The third-order valence-electron chi connectivity index (χ3n) is 2.62. The van der Waals surface area contributed by atoms with Crippen molar-refractivity contribution in [3.63, 3.8) is 0 Å². The van der Waals surface area contributed by atoms with Crippen molar-refractivity contribution in [2.75, 3.05) is 0 Å². The van der Waals surface area contributed by atoms with Gasteiger partial charge in [0.2, 0.25) is 0 Å². The molecule has 0 saturated heterocycles. The zero-order valence-electron chi connectivity index (χ0n) is 8.76. The Kier molecular flexibility index (Phi) is 2.94. The van der Waals surface area contributed by atoms with Crippen LogP contribution in [0.3, 0.4) is 0 Å². The normalized spacial score (nSPS) is 13.1. The summed E-state index contributed by atoms with van der Waals surface area (Å²) in [5.41, 5.74) is 1.70. The van der Waals surface area contributed by atoms with Crippen LogP contribution in [0.25, 0.3) is 11.0 Å². The number of aliphatic hydroxyl groups excluding tert-OH is 1. The van der Waals surface area contributed by atoms with Crippen molar-refractivity contribution in [1.29, 1.82) is 0 Å². The second-order valence-corrected chi connectivity index (χ2v) is 6.58. The number of thiophene rings is 1. The molecule has 0 fully saturated rings. The number of halogens is 1. The van der Waals surface area contributed by atoms with Crippen LogP contribution >= 0.6 is 33.9 Å². The molecule has 0 saturated carbocycles. The summed E-state index contributed by atoms with van der Waals surface area (Å²) in [4.78, 5) is 0. The Hall–Kier alpha value is -0.850. The molecule has 0 amide bonds. The minimum absolute atomic E-state index is 0.598.